The van der Waals surface area contributed by atoms with Crippen molar-refractivity contribution in [1.82, 2.24) is 4.90 Å². The third-order valence-electron chi connectivity index (χ3n) is 2.47. The lowest BCUT2D eigenvalue weighted by Gasteiger charge is -2.26. The molecule has 0 N–H and O–H groups in total. The SMILES string of the molecule is CCN1CCC(=CC(=O)OC)CC1. The van der Waals surface area contributed by atoms with Crippen molar-refractivity contribution in [2.45, 2.75) is 19.8 Å². The lowest BCUT2D eigenvalue weighted by molar-refractivity contribution is -0.134. The highest BCUT2D eigenvalue weighted by atomic mass is 16.5. The summed E-state index contributed by atoms with van der Waals surface area (Å²) >= 11 is 0. The van der Waals surface area contributed by atoms with Gasteiger partial charge in [-0.3, -0.25) is 0 Å². The maximum absolute atomic E-state index is 10.9. The summed E-state index contributed by atoms with van der Waals surface area (Å²) in [6.07, 6.45) is 3.64. The fourth-order valence-electron chi connectivity index (χ4n) is 1.53. The molecule has 3 heteroatoms. The van der Waals surface area contributed by atoms with Crippen molar-refractivity contribution in [3.05, 3.63) is 11.6 Å². The Balaban J connectivity index is 2.40. The van der Waals surface area contributed by atoms with Gasteiger partial charge in [0.05, 0.1) is 7.11 Å². The molecule has 0 aromatic rings. The van der Waals surface area contributed by atoms with Crippen LogP contribution in [0.3, 0.4) is 0 Å². The first kappa shape index (κ1) is 10.3. The Morgan fingerprint density at radius 2 is 2.15 bits per heavy atom. The van der Waals surface area contributed by atoms with E-state index in [0.717, 1.165) is 32.5 Å². The molecule has 0 spiro atoms. The van der Waals surface area contributed by atoms with E-state index in [9.17, 15) is 4.79 Å². The Kier molecular flexibility index (Phi) is 3.96. The van der Waals surface area contributed by atoms with Crippen LogP contribution in [-0.4, -0.2) is 37.6 Å². The van der Waals surface area contributed by atoms with Gasteiger partial charge >= 0.3 is 5.97 Å². The smallest absolute Gasteiger partial charge is 0.330 e. The standard InChI is InChI=1S/C10H17NO2/c1-3-11-6-4-9(5-7-11)8-10(12)13-2/h8H,3-7H2,1-2H3. The first-order valence-electron chi connectivity index (χ1n) is 4.76. The summed E-state index contributed by atoms with van der Waals surface area (Å²) in [5.74, 6) is -0.222. The van der Waals surface area contributed by atoms with E-state index in [1.807, 2.05) is 0 Å². The van der Waals surface area contributed by atoms with Gasteiger partial charge in [0.1, 0.15) is 0 Å². The third-order valence-corrected chi connectivity index (χ3v) is 2.47. The van der Waals surface area contributed by atoms with E-state index in [1.54, 1.807) is 6.08 Å². The van der Waals surface area contributed by atoms with Crippen LogP contribution in [-0.2, 0) is 9.53 Å². The van der Waals surface area contributed by atoms with Gasteiger partial charge in [0, 0.05) is 19.2 Å². The Morgan fingerprint density at radius 3 is 2.62 bits per heavy atom. The van der Waals surface area contributed by atoms with E-state index < -0.39 is 0 Å². The first-order valence-corrected chi connectivity index (χ1v) is 4.76. The lowest BCUT2D eigenvalue weighted by Crippen LogP contribution is -2.30. The van der Waals surface area contributed by atoms with Gasteiger partial charge in [-0.25, -0.2) is 4.79 Å². The van der Waals surface area contributed by atoms with Gasteiger partial charge in [-0.1, -0.05) is 12.5 Å². The Labute approximate surface area is 79.4 Å². The van der Waals surface area contributed by atoms with Crippen LogP contribution in [0, 0.1) is 0 Å². The molecule has 3 nitrogen and oxygen atoms in total. The van der Waals surface area contributed by atoms with Crippen LogP contribution in [0.1, 0.15) is 19.8 Å². The number of methoxy groups -OCH3 is 1. The zero-order valence-corrected chi connectivity index (χ0v) is 8.38. The van der Waals surface area contributed by atoms with Crippen molar-refractivity contribution in [3.63, 3.8) is 0 Å². The molecule has 0 saturated carbocycles. The summed E-state index contributed by atoms with van der Waals surface area (Å²) < 4.78 is 4.58. The molecule has 1 saturated heterocycles. The summed E-state index contributed by atoms with van der Waals surface area (Å²) in [7, 11) is 1.42. The molecule has 0 amide bonds. The quantitative estimate of drug-likeness (QED) is 0.476. The van der Waals surface area contributed by atoms with E-state index in [-0.39, 0.29) is 5.97 Å². The average molecular weight is 183 g/mol. The molecule has 0 aromatic heterocycles. The average Bonchev–Trinajstić information content (AvgIpc) is 2.19. The van der Waals surface area contributed by atoms with E-state index in [4.69, 9.17) is 0 Å². The number of esters is 1. The minimum atomic E-state index is -0.222. The number of likely N-dealkylation sites (tertiary alicyclic amines) is 1. The Bertz CT molecular complexity index is 201. The number of piperidine rings is 1. The molecule has 0 aliphatic carbocycles. The zero-order chi connectivity index (χ0) is 9.68. The second-order valence-electron chi connectivity index (χ2n) is 3.26. The number of hydrogen-bond donors (Lipinski definition) is 0. The molecule has 1 aliphatic rings. The van der Waals surface area contributed by atoms with Gasteiger partial charge in [0.2, 0.25) is 0 Å². The molecule has 1 fully saturated rings. The predicted molar refractivity (Wildman–Crippen MR) is 51.4 cm³/mol. The third kappa shape index (κ3) is 3.19. The van der Waals surface area contributed by atoms with Crippen LogP contribution in [0.25, 0.3) is 0 Å². The van der Waals surface area contributed by atoms with Gasteiger partial charge in [0.25, 0.3) is 0 Å². The Hall–Kier alpha value is -0.830. The maximum atomic E-state index is 10.9. The maximum Gasteiger partial charge on any atom is 0.330 e. The summed E-state index contributed by atoms with van der Waals surface area (Å²) in [5.41, 5.74) is 1.22. The second-order valence-corrected chi connectivity index (χ2v) is 3.26. The zero-order valence-electron chi connectivity index (χ0n) is 8.38. The lowest BCUT2D eigenvalue weighted by atomic mass is 10.0. The van der Waals surface area contributed by atoms with Crippen molar-refractivity contribution in [2.24, 2.45) is 0 Å². The second kappa shape index (κ2) is 5.02. The number of carbonyl (C=O) groups excluding carboxylic acids is 1. The van der Waals surface area contributed by atoms with Crippen LogP contribution < -0.4 is 0 Å². The molecule has 1 rings (SSSR count). The molecular formula is C10H17NO2. The normalized spacial score (nSPS) is 18.5. The van der Waals surface area contributed by atoms with Gasteiger partial charge < -0.3 is 9.64 Å². The number of rotatable bonds is 2. The van der Waals surface area contributed by atoms with Crippen molar-refractivity contribution in [3.8, 4) is 0 Å². The van der Waals surface area contributed by atoms with Crippen molar-refractivity contribution < 1.29 is 9.53 Å². The summed E-state index contributed by atoms with van der Waals surface area (Å²) in [4.78, 5) is 13.3. The molecule has 74 valence electrons. The van der Waals surface area contributed by atoms with Crippen molar-refractivity contribution >= 4 is 5.97 Å². The van der Waals surface area contributed by atoms with Crippen LogP contribution in [0.15, 0.2) is 11.6 Å². The van der Waals surface area contributed by atoms with Gasteiger partial charge in [0.15, 0.2) is 0 Å². The minimum Gasteiger partial charge on any atom is -0.466 e. The van der Waals surface area contributed by atoms with E-state index in [1.165, 1.54) is 12.7 Å². The van der Waals surface area contributed by atoms with E-state index in [0.29, 0.717) is 0 Å². The molecule has 1 heterocycles. The van der Waals surface area contributed by atoms with Crippen molar-refractivity contribution in [2.75, 3.05) is 26.7 Å². The molecule has 0 atom stereocenters. The van der Waals surface area contributed by atoms with Crippen LogP contribution in [0.5, 0.6) is 0 Å². The van der Waals surface area contributed by atoms with Crippen LogP contribution >= 0.6 is 0 Å². The number of carbonyl (C=O) groups is 1. The van der Waals surface area contributed by atoms with Gasteiger partial charge in [-0.2, -0.15) is 0 Å². The molecule has 13 heavy (non-hydrogen) atoms. The number of nitrogens with zero attached hydrogens (tertiary/aromatic N) is 1. The molecule has 0 unspecified atom stereocenters. The highest BCUT2D eigenvalue weighted by Crippen LogP contribution is 2.15. The van der Waals surface area contributed by atoms with Gasteiger partial charge in [-0.15, -0.1) is 0 Å². The highest BCUT2D eigenvalue weighted by molar-refractivity contribution is 5.82. The number of hydrogen-bond acceptors (Lipinski definition) is 3. The molecule has 0 aromatic carbocycles. The molecule has 0 radical (unpaired) electrons. The Morgan fingerprint density at radius 1 is 1.54 bits per heavy atom. The predicted octanol–water partition coefficient (Wildman–Crippen LogP) is 1.20. The first-order chi connectivity index (χ1) is 6.26. The van der Waals surface area contributed by atoms with Crippen LogP contribution in [0.4, 0.5) is 0 Å². The monoisotopic (exact) mass is 183 g/mol. The molecular weight excluding hydrogens is 166 g/mol. The van der Waals surface area contributed by atoms with E-state index >= 15 is 0 Å². The summed E-state index contributed by atoms with van der Waals surface area (Å²) in [5, 5.41) is 0. The fourth-order valence-corrected chi connectivity index (χ4v) is 1.53. The minimum absolute atomic E-state index is 0.222. The molecule has 0 bridgehead atoms. The summed E-state index contributed by atoms with van der Waals surface area (Å²) in [6, 6.07) is 0. The summed E-state index contributed by atoms with van der Waals surface area (Å²) in [6.45, 7) is 5.40. The van der Waals surface area contributed by atoms with Crippen LogP contribution in [0.2, 0.25) is 0 Å². The van der Waals surface area contributed by atoms with E-state index in [2.05, 4.69) is 16.6 Å². The highest BCUT2D eigenvalue weighted by Gasteiger charge is 2.12. The fraction of sp³-hybridized carbons (Fsp3) is 0.700. The van der Waals surface area contributed by atoms with Crippen molar-refractivity contribution in [1.29, 1.82) is 0 Å². The largest absolute Gasteiger partial charge is 0.466 e. The van der Waals surface area contributed by atoms with Gasteiger partial charge in [-0.05, 0) is 19.4 Å². The number of ether oxygens (including phenoxy) is 1. The topological polar surface area (TPSA) is 29.5 Å². The molecule has 1 aliphatic heterocycles.